The normalized spacial score (nSPS) is 10.4. The van der Waals surface area contributed by atoms with Crippen molar-refractivity contribution in [3.8, 4) is 5.75 Å². The van der Waals surface area contributed by atoms with E-state index in [1.807, 2.05) is 24.3 Å². The van der Waals surface area contributed by atoms with Crippen molar-refractivity contribution in [3.05, 3.63) is 76.2 Å². The Bertz CT molecular complexity index is 906. The van der Waals surface area contributed by atoms with Gasteiger partial charge < -0.3 is 15.4 Å². The number of benzene rings is 2. The van der Waals surface area contributed by atoms with E-state index in [2.05, 4.69) is 17.2 Å². The quantitative estimate of drug-likeness (QED) is 0.520. The highest BCUT2D eigenvalue weighted by Gasteiger charge is 2.07. The van der Waals surface area contributed by atoms with Crippen LogP contribution in [0, 0.1) is 5.82 Å². The molecule has 0 atom stereocenters. The molecule has 0 spiro atoms. The molecule has 0 aliphatic rings. The van der Waals surface area contributed by atoms with Crippen molar-refractivity contribution in [3.63, 3.8) is 0 Å². The number of ether oxygens (including phenoxy) is 1. The maximum absolute atomic E-state index is 13.3. The number of hydrogen-bond acceptors (Lipinski definition) is 3. The molecule has 0 heterocycles. The fraction of sp³-hybridized carbons (Fsp3) is 0.273. The molecule has 160 valence electrons. The van der Waals surface area contributed by atoms with E-state index in [0.717, 1.165) is 18.1 Å². The van der Waals surface area contributed by atoms with E-state index in [1.165, 1.54) is 12.1 Å². The van der Waals surface area contributed by atoms with Crippen LogP contribution in [0.2, 0.25) is 10.0 Å². The molecule has 0 radical (unpaired) electrons. The Hall–Kier alpha value is -2.57. The van der Waals surface area contributed by atoms with Gasteiger partial charge in [0.1, 0.15) is 11.6 Å². The Morgan fingerprint density at radius 2 is 1.87 bits per heavy atom. The molecule has 0 unspecified atom stereocenters. The first-order chi connectivity index (χ1) is 14.3. The van der Waals surface area contributed by atoms with E-state index in [9.17, 15) is 14.0 Å². The summed E-state index contributed by atoms with van der Waals surface area (Å²) in [5, 5.41) is 6.03. The van der Waals surface area contributed by atoms with Crippen LogP contribution < -0.4 is 15.4 Å². The van der Waals surface area contributed by atoms with Crippen LogP contribution in [0.3, 0.4) is 0 Å². The van der Waals surface area contributed by atoms with Crippen molar-refractivity contribution in [2.24, 2.45) is 0 Å². The van der Waals surface area contributed by atoms with E-state index in [4.69, 9.17) is 27.9 Å². The highest BCUT2D eigenvalue weighted by atomic mass is 35.5. The van der Waals surface area contributed by atoms with Gasteiger partial charge in [0.2, 0.25) is 5.91 Å². The Balaban J connectivity index is 1.57. The molecule has 2 rings (SSSR count). The number of carbonyl (C=O) groups excluding carboxylic acids is 2. The summed E-state index contributed by atoms with van der Waals surface area (Å²) >= 11 is 11.5. The van der Waals surface area contributed by atoms with E-state index >= 15 is 0 Å². The van der Waals surface area contributed by atoms with Gasteiger partial charge in [-0.15, -0.1) is 0 Å². The van der Waals surface area contributed by atoms with Crippen molar-refractivity contribution < 1.29 is 18.7 Å². The van der Waals surface area contributed by atoms with Crippen LogP contribution in [-0.2, 0) is 16.0 Å². The summed E-state index contributed by atoms with van der Waals surface area (Å²) in [6.07, 6.45) is 2.21. The fourth-order valence-corrected chi connectivity index (χ4v) is 2.92. The summed E-state index contributed by atoms with van der Waals surface area (Å²) in [5.41, 5.74) is 1.60. The monoisotopic (exact) mass is 452 g/mol. The number of carbonyl (C=O) groups is 2. The summed E-state index contributed by atoms with van der Waals surface area (Å²) in [6.45, 7) is 3.82. The maximum atomic E-state index is 13.3. The zero-order chi connectivity index (χ0) is 21.9. The molecule has 2 amide bonds. The van der Waals surface area contributed by atoms with Gasteiger partial charge in [-0.05, 0) is 42.7 Å². The van der Waals surface area contributed by atoms with Crippen molar-refractivity contribution in [1.82, 2.24) is 10.6 Å². The van der Waals surface area contributed by atoms with Crippen LogP contribution in [0.5, 0.6) is 5.75 Å². The molecule has 0 aromatic heterocycles. The summed E-state index contributed by atoms with van der Waals surface area (Å²) in [6, 6.07) is 11.5. The lowest BCUT2D eigenvalue weighted by atomic mass is 10.1. The predicted molar refractivity (Wildman–Crippen MR) is 116 cm³/mol. The molecule has 0 fully saturated rings. The van der Waals surface area contributed by atoms with E-state index in [-0.39, 0.29) is 29.2 Å². The third kappa shape index (κ3) is 8.84. The molecule has 2 aromatic rings. The molecule has 2 aromatic carbocycles. The van der Waals surface area contributed by atoms with Gasteiger partial charge in [-0.25, -0.2) is 4.39 Å². The van der Waals surface area contributed by atoms with Crippen LogP contribution in [0.15, 0.2) is 54.7 Å². The zero-order valence-electron chi connectivity index (χ0n) is 16.3. The second-order valence-electron chi connectivity index (χ2n) is 6.60. The van der Waals surface area contributed by atoms with Gasteiger partial charge in [-0.3, -0.25) is 9.59 Å². The number of amides is 2. The fourth-order valence-electron chi connectivity index (χ4n) is 2.59. The molecule has 0 aliphatic carbocycles. The largest absolute Gasteiger partial charge is 0.484 e. The van der Waals surface area contributed by atoms with Gasteiger partial charge in [0.05, 0.1) is 5.02 Å². The second-order valence-corrected chi connectivity index (χ2v) is 7.44. The first-order valence-corrected chi connectivity index (χ1v) is 10.2. The Labute approximate surface area is 185 Å². The predicted octanol–water partition coefficient (Wildman–Crippen LogP) is 4.67. The standard InChI is InChI=1S/C22H23Cl2FN2O3/c1-15(27-21(28)7-3-5-16-4-2-6-17(23)12-16)10-11-26-22(29)14-30-18-8-9-19(24)20(25)13-18/h2,4,6,8-9,12-13H,1,3,5,7,10-11,14H2,(H,26,29)(H,27,28). The average Bonchev–Trinajstić information content (AvgIpc) is 2.69. The van der Waals surface area contributed by atoms with Crippen LogP contribution in [0.1, 0.15) is 24.8 Å². The summed E-state index contributed by atoms with van der Waals surface area (Å²) in [5.74, 6) is -0.900. The van der Waals surface area contributed by atoms with E-state index in [0.29, 0.717) is 36.5 Å². The number of nitrogens with one attached hydrogen (secondary N) is 2. The van der Waals surface area contributed by atoms with Gasteiger partial charge in [0.15, 0.2) is 6.61 Å². The lowest BCUT2D eigenvalue weighted by Crippen LogP contribution is -2.31. The number of halogens is 3. The van der Waals surface area contributed by atoms with Crippen molar-refractivity contribution in [2.75, 3.05) is 13.2 Å². The van der Waals surface area contributed by atoms with Gasteiger partial charge in [-0.1, -0.05) is 41.9 Å². The SMILES string of the molecule is C=C(CCNC(=O)COc1ccc(Cl)c(F)c1)NC(=O)CCCc1cccc(Cl)c1. The highest BCUT2D eigenvalue weighted by molar-refractivity contribution is 6.31. The van der Waals surface area contributed by atoms with Crippen molar-refractivity contribution in [2.45, 2.75) is 25.7 Å². The highest BCUT2D eigenvalue weighted by Crippen LogP contribution is 2.20. The first-order valence-electron chi connectivity index (χ1n) is 9.40. The topological polar surface area (TPSA) is 67.4 Å². The molecule has 0 saturated carbocycles. The molecule has 30 heavy (non-hydrogen) atoms. The Morgan fingerprint density at radius 1 is 1.07 bits per heavy atom. The molecule has 5 nitrogen and oxygen atoms in total. The third-order valence-electron chi connectivity index (χ3n) is 4.08. The number of rotatable bonds is 11. The first kappa shape index (κ1) is 23.7. The molecule has 2 N–H and O–H groups in total. The lowest BCUT2D eigenvalue weighted by Gasteiger charge is -2.10. The smallest absolute Gasteiger partial charge is 0.257 e. The molecule has 0 saturated heterocycles. The molecular weight excluding hydrogens is 430 g/mol. The summed E-state index contributed by atoms with van der Waals surface area (Å²) in [7, 11) is 0. The van der Waals surface area contributed by atoms with E-state index in [1.54, 1.807) is 0 Å². The molecule has 8 heteroatoms. The minimum absolute atomic E-state index is 0.0168. The van der Waals surface area contributed by atoms with Gasteiger partial charge >= 0.3 is 0 Å². The molecule has 0 bridgehead atoms. The van der Waals surface area contributed by atoms with Crippen LogP contribution in [-0.4, -0.2) is 25.0 Å². The van der Waals surface area contributed by atoms with E-state index < -0.39 is 5.82 Å². The molecular formula is C22H23Cl2FN2O3. The third-order valence-corrected chi connectivity index (χ3v) is 4.63. The van der Waals surface area contributed by atoms with Gasteiger partial charge in [0, 0.05) is 36.2 Å². The Kier molecular flexibility index (Phi) is 9.64. The Morgan fingerprint density at radius 3 is 2.60 bits per heavy atom. The minimum Gasteiger partial charge on any atom is -0.484 e. The maximum Gasteiger partial charge on any atom is 0.257 e. The van der Waals surface area contributed by atoms with Crippen LogP contribution in [0.25, 0.3) is 0 Å². The average molecular weight is 453 g/mol. The van der Waals surface area contributed by atoms with Crippen LogP contribution >= 0.6 is 23.2 Å². The van der Waals surface area contributed by atoms with Gasteiger partial charge in [0.25, 0.3) is 5.91 Å². The number of aryl methyl sites for hydroxylation is 1. The number of hydrogen-bond donors (Lipinski definition) is 2. The second kappa shape index (κ2) is 12.2. The van der Waals surface area contributed by atoms with Gasteiger partial charge in [-0.2, -0.15) is 0 Å². The summed E-state index contributed by atoms with van der Waals surface area (Å²) in [4.78, 5) is 23.8. The van der Waals surface area contributed by atoms with Crippen LogP contribution in [0.4, 0.5) is 4.39 Å². The lowest BCUT2D eigenvalue weighted by molar-refractivity contribution is -0.123. The zero-order valence-corrected chi connectivity index (χ0v) is 17.9. The molecule has 0 aliphatic heterocycles. The summed E-state index contributed by atoms with van der Waals surface area (Å²) < 4.78 is 18.5. The minimum atomic E-state index is -0.616. The van der Waals surface area contributed by atoms with Crippen molar-refractivity contribution >= 4 is 35.0 Å². The van der Waals surface area contributed by atoms with Crippen molar-refractivity contribution in [1.29, 1.82) is 0 Å².